The Morgan fingerprint density at radius 1 is 1.35 bits per heavy atom. The number of nitrogens with one attached hydrogen (secondary N) is 2. The maximum Gasteiger partial charge on any atom is 0.191 e. The monoisotopic (exact) mass is 454 g/mol. The fourth-order valence-corrected chi connectivity index (χ4v) is 2.75. The average Bonchev–Trinajstić information content (AvgIpc) is 2.91. The molecule has 0 aliphatic heterocycles. The molecule has 0 saturated heterocycles. The van der Waals surface area contributed by atoms with Crippen LogP contribution in [0.15, 0.2) is 10.4 Å². The van der Waals surface area contributed by atoms with E-state index < -0.39 is 0 Å². The molecule has 1 atom stereocenters. The Morgan fingerprint density at radius 2 is 2.04 bits per heavy atom. The fourth-order valence-electron chi connectivity index (χ4n) is 2.02. The Balaban J connectivity index is 0.00000484. The number of aryl methyl sites for hydroxylation is 1. The second kappa shape index (κ2) is 11.2. The van der Waals surface area contributed by atoms with Gasteiger partial charge in [0, 0.05) is 25.6 Å². The molecule has 0 spiro atoms. The zero-order chi connectivity index (χ0) is 16.6. The molecule has 1 heterocycles. The van der Waals surface area contributed by atoms with E-state index in [4.69, 9.17) is 4.74 Å². The van der Waals surface area contributed by atoms with Crippen LogP contribution in [0.1, 0.15) is 45.3 Å². The van der Waals surface area contributed by atoms with E-state index in [9.17, 15) is 0 Å². The lowest BCUT2D eigenvalue weighted by Crippen LogP contribution is -2.45. The number of aliphatic imine (C=N–C) groups is 1. The van der Waals surface area contributed by atoms with Crippen molar-refractivity contribution in [1.29, 1.82) is 0 Å². The van der Waals surface area contributed by atoms with Gasteiger partial charge < -0.3 is 15.4 Å². The lowest BCUT2D eigenvalue weighted by atomic mass is 9.89. The van der Waals surface area contributed by atoms with E-state index in [0.29, 0.717) is 6.54 Å². The van der Waals surface area contributed by atoms with Crippen LogP contribution < -0.4 is 10.6 Å². The first-order valence-corrected chi connectivity index (χ1v) is 8.76. The van der Waals surface area contributed by atoms with E-state index in [0.717, 1.165) is 36.2 Å². The number of halogens is 1. The van der Waals surface area contributed by atoms with Gasteiger partial charge in [-0.3, -0.25) is 0 Å². The summed E-state index contributed by atoms with van der Waals surface area (Å²) in [5.74, 6) is 0.805. The third-order valence-electron chi connectivity index (χ3n) is 3.35. The average molecular weight is 454 g/mol. The van der Waals surface area contributed by atoms with Crippen molar-refractivity contribution in [2.24, 2.45) is 10.4 Å². The van der Waals surface area contributed by atoms with Gasteiger partial charge in [-0.2, -0.15) is 0 Å². The van der Waals surface area contributed by atoms with Gasteiger partial charge in [0.05, 0.1) is 23.4 Å². The number of aromatic nitrogens is 1. The van der Waals surface area contributed by atoms with Crippen molar-refractivity contribution >= 4 is 41.3 Å². The van der Waals surface area contributed by atoms with Crippen molar-refractivity contribution in [3.8, 4) is 0 Å². The molecule has 1 unspecified atom stereocenters. The minimum Gasteiger partial charge on any atom is -0.379 e. The van der Waals surface area contributed by atoms with Gasteiger partial charge in [0.2, 0.25) is 0 Å². The first-order valence-electron chi connectivity index (χ1n) is 7.88. The zero-order valence-electron chi connectivity index (χ0n) is 15.1. The molecule has 0 aliphatic carbocycles. The summed E-state index contributed by atoms with van der Waals surface area (Å²) in [4.78, 5) is 9.15. The van der Waals surface area contributed by atoms with Gasteiger partial charge in [-0.1, -0.05) is 27.7 Å². The Labute approximate surface area is 161 Å². The molecule has 0 aromatic carbocycles. The molecule has 1 rings (SSSR count). The SMILES string of the molecule is CCNC(=NCc1csc(CC)n1)NCC(OC)C(C)(C)C.I. The van der Waals surface area contributed by atoms with Crippen LogP contribution in [0.2, 0.25) is 0 Å². The number of ether oxygens (including phenoxy) is 1. The molecule has 0 amide bonds. The first kappa shape index (κ1) is 22.6. The van der Waals surface area contributed by atoms with Crippen LogP contribution >= 0.6 is 35.3 Å². The number of hydrogen-bond donors (Lipinski definition) is 2. The summed E-state index contributed by atoms with van der Waals surface area (Å²) in [7, 11) is 1.75. The molecule has 0 aliphatic rings. The molecular weight excluding hydrogens is 423 g/mol. The number of nitrogens with zero attached hydrogens (tertiary/aromatic N) is 2. The van der Waals surface area contributed by atoms with Crippen molar-refractivity contribution in [3.05, 3.63) is 16.1 Å². The molecule has 2 N–H and O–H groups in total. The maximum atomic E-state index is 5.57. The number of hydrogen-bond acceptors (Lipinski definition) is 4. The van der Waals surface area contributed by atoms with E-state index >= 15 is 0 Å². The van der Waals surface area contributed by atoms with Gasteiger partial charge in [0.25, 0.3) is 0 Å². The molecule has 5 nitrogen and oxygen atoms in total. The van der Waals surface area contributed by atoms with Crippen LogP contribution in [0.4, 0.5) is 0 Å². The van der Waals surface area contributed by atoms with Crippen LogP contribution in [-0.4, -0.2) is 37.2 Å². The van der Waals surface area contributed by atoms with Crippen molar-refractivity contribution in [2.75, 3.05) is 20.2 Å². The summed E-state index contributed by atoms with van der Waals surface area (Å²) in [6.07, 6.45) is 1.11. The van der Waals surface area contributed by atoms with Crippen LogP contribution in [-0.2, 0) is 17.7 Å². The molecule has 0 fully saturated rings. The van der Waals surface area contributed by atoms with E-state index in [-0.39, 0.29) is 35.5 Å². The molecule has 23 heavy (non-hydrogen) atoms. The number of thiazole rings is 1. The van der Waals surface area contributed by atoms with Crippen molar-refractivity contribution in [1.82, 2.24) is 15.6 Å². The highest BCUT2D eigenvalue weighted by Gasteiger charge is 2.24. The normalized spacial score (nSPS) is 13.4. The minimum atomic E-state index is 0. The van der Waals surface area contributed by atoms with Crippen molar-refractivity contribution in [3.63, 3.8) is 0 Å². The summed E-state index contributed by atoms with van der Waals surface area (Å²) in [6.45, 7) is 12.9. The second-order valence-electron chi connectivity index (χ2n) is 6.25. The van der Waals surface area contributed by atoms with Gasteiger partial charge in [0.15, 0.2) is 5.96 Å². The number of methoxy groups -OCH3 is 1. The minimum absolute atomic E-state index is 0. The smallest absolute Gasteiger partial charge is 0.191 e. The van der Waals surface area contributed by atoms with Gasteiger partial charge >= 0.3 is 0 Å². The maximum absolute atomic E-state index is 5.57. The lowest BCUT2D eigenvalue weighted by molar-refractivity contribution is 0.0205. The van der Waals surface area contributed by atoms with Gasteiger partial charge in [-0.15, -0.1) is 35.3 Å². The largest absolute Gasteiger partial charge is 0.379 e. The van der Waals surface area contributed by atoms with Crippen molar-refractivity contribution in [2.45, 2.75) is 53.7 Å². The highest BCUT2D eigenvalue weighted by Crippen LogP contribution is 2.20. The Hall–Kier alpha value is -0.410. The predicted molar refractivity (Wildman–Crippen MR) is 110 cm³/mol. The van der Waals surface area contributed by atoms with Crippen LogP contribution in [0.3, 0.4) is 0 Å². The second-order valence-corrected chi connectivity index (χ2v) is 7.20. The van der Waals surface area contributed by atoms with Crippen LogP contribution in [0.5, 0.6) is 0 Å². The van der Waals surface area contributed by atoms with Crippen LogP contribution in [0, 0.1) is 5.41 Å². The fraction of sp³-hybridized carbons (Fsp3) is 0.750. The topological polar surface area (TPSA) is 58.5 Å². The molecule has 134 valence electrons. The van der Waals surface area contributed by atoms with Gasteiger partial charge in [-0.25, -0.2) is 9.98 Å². The summed E-state index contributed by atoms with van der Waals surface area (Å²) in [5.41, 5.74) is 1.11. The summed E-state index contributed by atoms with van der Waals surface area (Å²) in [6, 6.07) is 0. The molecule has 0 saturated carbocycles. The molecule has 1 aromatic heterocycles. The van der Waals surface area contributed by atoms with Crippen LogP contribution in [0.25, 0.3) is 0 Å². The van der Waals surface area contributed by atoms with Crippen molar-refractivity contribution < 1.29 is 4.74 Å². The molecule has 0 bridgehead atoms. The summed E-state index contributed by atoms with van der Waals surface area (Å²) >= 11 is 1.70. The van der Waals surface area contributed by atoms with Gasteiger partial charge in [-0.05, 0) is 18.8 Å². The number of guanidine groups is 1. The lowest BCUT2D eigenvalue weighted by Gasteiger charge is -2.30. The highest BCUT2D eigenvalue weighted by atomic mass is 127. The molecule has 7 heteroatoms. The van der Waals surface area contributed by atoms with E-state index in [1.54, 1.807) is 18.4 Å². The molecule has 1 aromatic rings. The highest BCUT2D eigenvalue weighted by molar-refractivity contribution is 14.0. The Morgan fingerprint density at radius 3 is 2.52 bits per heavy atom. The van der Waals surface area contributed by atoms with E-state index in [1.165, 1.54) is 0 Å². The quantitative estimate of drug-likeness (QED) is 0.377. The standard InChI is InChI=1S/C16H30N4OS.HI/c1-7-14-20-12(11-22-14)9-18-15(17-8-2)19-10-13(21-6)16(3,4)5;/h11,13H,7-10H2,1-6H3,(H2,17,18,19);1H. The predicted octanol–water partition coefficient (Wildman–Crippen LogP) is 3.44. The summed E-state index contributed by atoms with van der Waals surface area (Å²) in [5, 5.41) is 9.87. The van der Waals surface area contributed by atoms with Gasteiger partial charge in [0.1, 0.15) is 0 Å². The third kappa shape index (κ3) is 8.30. The zero-order valence-corrected chi connectivity index (χ0v) is 18.2. The third-order valence-corrected chi connectivity index (χ3v) is 4.39. The summed E-state index contributed by atoms with van der Waals surface area (Å²) < 4.78 is 5.57. The number of rotatable bonds is 7. The van der Waals surface area contributed by atoms with E-state index in [2.05, 4.69) is 60.6 Å². The Kier molecular flexibility index (Phi) is 11.0. The Bertz CT molecular complexity index is 471. The van der Waals surface area contributed by atoms with E-state index in [1.807, 2.05) is 0 Å². The molecule has 0 radical (unpaired) electrons. The first-order chi connectivity index (χ1) is 10.4. The molecular formula is C16H31IN4OS.